The summed E-state index contributed by atoms with van der Waals surface area (Å²) in [5, 5.41) is 62.6. The van der Waals surface area contributed by atoms with Crippen molar-refractivity contribution in [3.8, 4) is 40.1 Å². The van der Waals surface area contributed by atoms with Crippen molar-refractivity contribution in [2.45, 2.75) is 68.3 Å². The van der Waals surface area contributed by atoms with Crippen LogP contribution in [0.5, 0.6) is 28.7 Å². The van der Waals surface area contributed by atoms with Gasteiger partial charge < -0.3 is 73.0 Å². The van der Waals surface area contributed by atoms with E-state index in [-0.39, 0.29) is 22.5 Å². The van der Waals surface area contributed by atoms with Crippen LogP contribution in [0.15, 0.2) is 39.5 Å². The van der Waals surface area contributed by atoms with Crippen LogP contribution in [-0.4, -0.2) is 127 Å². The second kappa shape index (κ2) is 14.2. The van der Waals surface area contributed by atoms with Crippen LogP contribution in [0.1, 0.15) is 6.92 Å². The molecule has 258 valence electrons. The zero-order chi connectivity index (χ0) is 34.2. The first-order chi connectivity index (χ1) is 22.4. The fraction of sp³-hybridized carbons (Fsp3) is 0.516. The lowest BCUT2D eigenvalue weighted by Crippen LogP contribution is -2.61. The number of ether oxygens (including phenoxy) is 8. The van der Waals surface area contributed by atoms with Crippen molar-refractivity contribution in [1.82, 2.24) is 0 Å². The molecule has 0 bridgehead atoms. The first kappa shape index (κ1) is 34.6. The van der Waals surface area contributed by atoms with Gasteiger partial charge in [-0.1, -0.05) is 0 Å². The average molecular weight is 667 g/mol. The third-order valence-corrected chi connectivity index (χ3v) is 8.13. The summed E-state index contributed by atoms with van der Waals surface area (Å²) in [7, 11) is 5.66. The van der Waals surface area contributed by atoms with E-state index in [0.717, 1.165) is 0 Å². The summed E-state index contributed by atoms with van der Waals surface area (Å²) in [6, 6.07) is 7.63. The third-order valence-electron chi connectivity index (χ3n) is 8.13. The zero-order valence-electron chi connectivity index (χ0n) is 26.1. The number of aliphatic hydroxyl groups excluding tert-OH is 6. The summed E-state index contributed by atoms with van der Waals surface area (Å²) in [6.07, 6.45) is -15.5. The van der Waals surface area contributed by atoms with Gasteiger partial charge in [0, 0.05) is 17.7 Å². The Morgan fingerprint density at radius 2 is 1.36 bits per heavy atom. The summed E-state index contributed by atoms with van der Waals surface area (Å²) in [6.45, 7) is 0.923. The number of aliphatic hydroxyl groups is 6. The van der Waals surface area contributed by atoms with Gasteiger partial charge in [0.1, 0.15) is 65.2 Å². The Morgan fingerprint density at radius 3 is 2.02 bits per heavy atom. The molecule has 5 rings (SSSR count). The molecule has 3 heterocycles. The van der Waals surface area contributed by atoms with Crippen molar-refractivity contribution in [3.63, 3.8) is 0 Å². The lowest BCUT2D eigenvalue weighted by atomic mass is 9.98. The van der Waals surface area contributed by atoms with E-state index in [1.807, 2.05) is 0 Å². The van der Waals surface area contributed by atoms with E-state index in [1.165, 1.54) is 53.6 Å². The van der Waals surface area contributed by atoms with Gasteiger partial charge in [0.05, 0.1) is 41.2 Å². The minimum absolute atomic E-state index is 0.0309. The molecular weight excluding hydrogens is 628 g/mol. The quantitative estimate of drug-likeness (QED) is 0.161. The van der Waals surface area contributed by atoms with Crippen LogP contribution in [0.4, 0.5) is 0 Å². The largest absolute Gasteiger partial charge is 0.496 e. The average Bonchev–Trinajstić information content (AvgIpc) is 3.08. The Bertz CT molecular complexity index is 1610. The van der Waals surface area contributed by atoms with Gasteiger partial charge in [0.15, 0.2) is 23.5 Å². The summed E-state index contributed by atoms with van der Waals surface area (Å²) >= 11 is 0. The Hall–Kier alpha value is -3.71. The van der Waals surface area contributed by atoms with E-state index in [9.17, 15) is 35.4 Å². The molecule has 1 aromatic heterocycles. The minimum atomic E-state index is -1.87. The number of fused-ring (bicyclic) bond motifs is 1. The molecule has 0 radical (unpaired) electrons. The molecule has 6 N–H and O–H groups in total. The molecule has 2 aromatic carbocycles. The molecule has 0 spiro atoms. The molecule has 10 atom stereocenters. The maximum Gasteiger partial charge on any atom is 0.239 e. The summed E-state index contributed by atoms with van der Waals surface area (Å²) in [5.74, 6) is 0.543. The highest BCUT2D eigenvalue weighted by atomic mass is 16.7. The molecule has 0 saturated carbocycles. The van der Waals surface area contributed by atoms with Crippen molar-refractivity contribution in [2.75, 3.05) is 35.0 Å². The van der Waals surface area contributed by atoms with Crippen molar-refractivity contribution in [2.24, 2.45) is 0 Å². The monoisotopic (exact) mass is 666 g/mol. The van der Waals surface area contributed by atoms with Gasteiger partial charge in [-0.2, -0.15) is 0 Å². The smallest absolute Gasteiger partial charge is 0.239 e. The van der Waals surface area contributed by atoms with Gasteiger partial charge in [-0.3, -0.25) is 4.79 Å². The van der Waals surface area contributed by atoms with Crippen LogP contribution in [0.25, 0.3) is 22.3 Å². The van der Waals surface area contributed by atoms with Crippen LogP contribution < -0.4 is 29.1 Å². The van der Waals surface area contributed by atoms with Crippen LogP contribution in [0, 0.1) is 0 Å². The van der Waals surface area contributed by atoms with E-state index in [2.05, 4.69) is 0 Å². The molecule has 2 aliphatic rings. The molecule has 16 heteroatoms. The highest BCUT2D eigenvalue weighted by Gasteiger charge is 2.48. The van der Waals surface area contributed by atoms with E-state index in [0.29, 0.717) is 22.8 Å². The fourth-order valence-electron chi connectivity index (χ4n) is 5.40. The Labute approximate surface area is 268 Å². The molecule has 2 aliphatic heterocycles. The lowest BCUT2D eigenvalue weighted by molar-refractivity contribution is -0.318. The van der Waals surface area contributed by atoms with Gasteiger partial charge in [0.2, 0.25) is 17.5 Å². The van der Waals surface area contributed by atoms with Gasteiger partial charge in [-0.25, -0.2) is 0 Å². The van der Waals surface area contributed by atoms with Gasteiger partial charge in [-0.15, -0.1) is 0 Å². The maximum atomic E-state index is 14.1. The minimum Gasteiger partial charge on any atom is -0.496 e. The zero-order valence-corrected chi connectivity index (χ0v) is 26.1. The molecule has 10 unspecified atom stereocenters. The Balaban J connectivity index is 1.53. The first-order valence-corrected chi connectivity index (χ1v) is 14.6. The van der Waals surface area contributed by atoms with Gasteiger partial charge in [-0.05, 0) is 25.1 Å². The van der Waals surface area contributed by atoms with Gasteiger partial charge in [0.25, 0.3) is 0 Å². The number of methoxy groups -OCH3 is 4. The summed E-state index contributed by atoms with van der Waals surface area (Å²) < 4.78 is 50.4. The molecule has 0 aliphatic carbocycles. The normalized spacial score (nSPS) is 31.0. The maximum absolute atomic E-state index is 14.1. The lowest BCUT2D eigenvalue weighted by Gasteiger charge is -2.42. The van der Waals surface area contributed by atoms with Gasteiger partial charge >= 0.3 is 0 Å². The second-order valence-corrected chi connectivity index (χ2v) is 11.0. The number of hydrogen-bond donors (Lipinski definition) is 6. The van der Waals surface area contributed by atoms with E-state index >= 15 is 0 Å². The molecule has 16 nitrogen and oxygen atoms in total. The van der Waals surface area contributed by atoms with Crippen LogP contribution in [0.2, 0.25) is 0 Å². The summed E-state index contributed by atoms with van der Waals surface area (Å²) in [5.41, 5.74) is -0.370. The molecule has 3 aromatic rings. The fourth-order valence-corrected chi connectivity index (χ4v) is 5.40. The predicted octanol–water partition coefficient (Wildman–Crippen LogP) is -0.475. The molecule has 2 saturated heterocycles. The van der Waals surface area contributed by atoms with E-state index in [4.69, 9.17) is 42.3 Å². The number of hydrogen-bond acceptors (Lipinski definition) is 16. The second-order valence-electron chi connectivity index (χ2n) is 11.0. The predicted molar refractivity (Wildman–Crippen MR) is 160 cm³/mol. The third kappa shape index (κ3) is 6.56. The van der Waals surface area contributed by atoms with Crippen LogP contribution in [-0.2, 0) is 14.2 Å². The highest BCUT2D eigenvalue weighted by molar-refractivity contribution is 5.88. The Kier molecular flexibility index (Phi) is 10.4. The molecular formula is C31H38O16. The number of rotatable bonds is 10. The Morgan fingerprint density at radius 1 is 0.702 bits per heavy atom. The molecule has 0 amide bonds. The van der Waals surface area contributed by atoms with Crippen LogP contribution >= 0.6 is 0 Å². The SMILES string of the molecule is COc1cc(OC)c2c(=O)c(OC3OC(COC4OC(C)C(O)C(O)C4O)C(O)C(O)C3O)c(-c3ccc(OC)c(OC)c3)oc2c1. The van der Waals surface area contributed by atoms with Crippen molar-refractivity contribution < 1.29 is 73.0 Å². The van der Waals surface area contributed by atoms with Crippen molar-refractivity contribution >= 4 is 11.0 Å². The molecule has 47 heavy (non-hydrogen) atoms. The van der Waals surface area contributed by atoms with Crippen LogP contribution in [0.3, 0.4) is 0 Å². The molecule has 2 fully saturated rings. The van der Waals surface area contributed by atoms with E-state index in [1.54, 1.807) is 12.1 Å². The number of benzene rings is 2. The summed E-state index contributed by atoms with van der Waals surface area (Å²) in [4.78, 5) is 14.1. The highest BCUT2D eigenvalue weighted by Crippen LogP contribution is 2.40. The van der Waals surface area contributed by atoms with Crippen molar-refractivity contribution in [3.05, 3.63) is 40.6 Å². The van der Waals surface area contributed by atoms with E-state index < -0.39 is 79.2 Å². The first-order valence-electron chi connectivity index (χ1n) is 14.6. The topological polar surface area (TPSA) is 225 Å². The standard InChI is InChI=1S/C31H38O16/c1-12-21(32)24(35)26(37)30(44-12)43-11-19-22(33)25(36)27(38)31(46-19)47-29-23(34)20-17(42-5)9-14(39-2)10-18(20)45-28(29)13-6-7-15(40-3)16(8-13)41-4/h6-10,12,19,21-22,24-27,30-33,35-38H,11H2,1-5H3. The van der Waals surface area contributed by atoms with Crippen molar-refractivity contribution in [1.29, 1.82) is 0 Å².